The van der Waals surface area contributed by atoms with Crippen molar-refractivity contribution in [1.82, 2.24) is 14.8 Å². The van der Waals surface area contributed by atoms with Gasteiger partial charge in [0.15, 0.2) is 9.84 Å². The van der Waals surface area contributed by atoms with Gasteiger partial charge in [0.25, 0.3) is 0 Å². The summed E-state index contributed by atoms with van der Waals surface area (Å²) >= 11 is 0. The Morgan fingerprint density at radius 1 is 1.05 bits per heavy atom. The predicted molar refractivity (Wildman–Crippen MR) is 115 cm³/mol. The Balaban J connectivity index is 0.000000404. The number of aliphatic carboxylic acids is 2. The molecular weight excluding hydrogens is 540 g/mol. The van der Waals surface area contributed by atoms with Gasteiger partial charge in [0, 0.05) is 38.2 Å². The molecule has 3 heterocycles. The summed E-state index contributed by atoms with van der Waals surface area (Å²) in [5.74, 6) is -5.65. The topological polar surface area (TPSA) is 145 Å². The molecule has 2 aliphatic rings. The maximum Gasteiger partial charge on any atom is 0.490 e. The summed E-state index contributed by atoms with van der Waals surface area (Å²) in [5.41, 5.74) is 0.840. The Bertz CT molecular complexity index is 1030. The van der Waals surface area contributed by atoms with Gasteiger partial charge < -0.3 is 20.0 Å². The number of hydrogen-bond donors (Lipinski definition) is 2. The fraction of sp³-hybridized carbons (Fsp3) is 0.600. The molecule has 0 spiro atoms. The van der Waals surface area contributed by atoms with Crippen molar-refractivity contribution >= 4 is 27.7 Å². The molecule has 0 unspecified atom stereocenters. The second-order valence-corrected chi connectivity index (χ2v) is 10.6. The van der Waals surface area contributed by atoms with Gasteiger partial charge in [-0.15, -0.1) is 0 Å². The van der Waals surface area contributed by atoms with Crippen LogP contribution in [0.1, 0.15) is 12.1 Å². The van der Waals surface area contributed by atoms with Gasteiger partial charge in [-0.25, -0.2) is 18.0 Å². The molecule has 0 radical (unpaired) electrons. The number of likely N-dealkylation sites (tertiary alicyclic amines) is 1. The molecule has 2 fully saturated rings. The monoisotopic (exact) mass is 565 g/mol. The summed E-state index contributed by atoms with van der Waals surface area (Å²) in [4.78, 5) is 38.6. The molecule has 17 heteroatoms. The van der Waals surface area contributed by atoms with Crippen molar-refractivity contribution in [2.45, 2.75) is 30.6 Å². The third-order valence-corrected chi connectivity index (χ3v) is 7.71. The van der Waals surface area contributed by atoms with E-state index >= 15 is 0 Å². The zero-order chi connectivity index (χ0) is 28.8. The summed E-state index contributed by atoms with van der Waals surface area (Å²) < 4.78 is 88.0. The molecule has 0 bridgehead atoms. The second kappa shape index (κ2) is 12.5. The Kier molecular flexibility index (Phi) is 10.9. The Labute approximate surface area is 207 Å². The number of carbonyl (C=O) groups excluding carboxylic acids is 1. The summed E-state index contributed by atoms with van der Waals surface area (Å²) in [6.07, 6.45) is -8.02. The summed E-state index contributed by atoms with van der Waals surface area (Å²) in [6.45, 7) is 1.68. The average molecular weight is 565 g/mol. The van der Waals surface area contributed by atoms with E-state index in [-0.39, 0.29) is 23.5 Å². The van der Waals surface area contributed by atoms with Crippen LogP contribution in [0.15, 0.2) is 24.4 Å². The minimum Gasteiger partial charge on any atom is -0.475 e. The zero-order valence-corrected chi connectivity index (χ0v) is 20.3. The molecule has 3 atom stereocenters. The quantitative estimate of drug-likeness (QED) is 0.523. The number of amides is 1. The lowest BCUT2D eigenvalue weighted by Gasteiger charge is -2.34. The fourth-order valence-electron chi connectivity index (χ4n) is 3.82. The van der Waals surface area contributed by atoms with Crippen LogP contribution in [0.3, 0.4) is 0 Å². The highest BCUT2D eigenvalue weighted by Gasteiger charge is 2.50. The van der Waals surface area contributed by atoms with Crippen LogP contribution in [0, 0.1) is 11.8 Å². The first-order chi connectivity index (χ1) is 16.8. The predicted octanol–water partition coefficient (Wildman–Crippen LogP) is 1.67. The molecule has 10 nitrogen and oxygen atoms in total. The Morgan fingerprint density at radius 3 is 2.00 bits per heavy atom. The normalized spacial score (nSPS) is 22.9. The van der Waals surface area contributed by atoms with Gasteiger partial charge >= 0.3 is 24.3 Å². The maximum atomic E-state index is 12.8. The van der Waals surface area contributed by atoms with Gasteiger partial charge in [-0.05, 0) is 25.6 Å². The number of hydrogen-bond acceptors (Lipinski definition) is 7. The van der Waals surface area contributed by atoms with Crippen molar-refractivity contribution in [2.24, 2.45) is 11.8 Å². The van der Waals surface area contributed by atoms with Gasteiger partial charge in [0.1, 0.15) is 0 Å². The number of pyridine rings is 1. The third-order valence-electron chi connectivity index (χ3n) is 5.49. The number of rotatable bonds is 3. The highest BCUT2D eigenvalue weighted by atomic mass is 32.2. The van der Waals surface area contributed by atoms with Crippen LogP contribution in [-0.2, 0) is 30.8 Å². The average Bonchev–Trinajstić information content (AvgIpc) is 3.16. The fourth-order valence-corrected chi connectivity index (χ4v) is 5.99. The van der Waals surface area contributed by atoms with E-state index in [0.717, 1.165) is 5.69 Å². The Morgan fingerprint density at radius 2 is 1.57 bits per heavy atom. The number of halogens is 6. The van der Waals surface area contributed by atoms with Crippen molar-refractivity contribution in [3.63, 3.8) is 0 Å². The molecule has 0 aromatic carbocycles. The third kappa shape index (κ3) is 9.79. The van der Waals surface area contributed by atoms with Crippen molar-refractivity contribution in [3.05, 3.63) is 30.1 Å². The molecule has 0 saturated carbocycles. The number of carboxylic acids is 2. The highest BCUT2D eigenvalue weighted by molar-refractivity contribution is 7.92. The van der Waals surface area contributed by atoms with Crippen molar-refractivity contribution in [2.75, 3.05) is 32.9 Å². The first-order valence-corrected chi connectivity index (χ1v) is 12.1. The molecule has 0 aliphatic carbocycles. The highest BCUT2D eigenvalue weighted by Crippen LogP contribution is 2.37. The van der Waals surface area contributed by atoms with E-state index in [2.05, 4.69) is 4.98 Å². The Hall–Kier alpha value is -2.95. The van der Waals surface area contributed by atoms with Crippen LogP contribution in [-0.4, -0.2) is 102 Å². The number of nitrogens with zero attached hydrogens (tertiary/aromatic N) is 3. The van der Waals surface area contributed by atoms with E-state index in [0.29, 0.717) is 26.1 Å². The smallest absolute Gasteiger partial charge is 0.475 e. The molecule has 2 aliphatic heterocycles. The molecule has 3 rings (SSSR count). The van der Waals surface area contributed by atoms with Crippen LogP contribution in [0.5, 0.6) is 0 Å². The van der Waals surface area contributed by atoms with Crippen LogP contribution < -0.4 is 0 Å². The van der Waals surface area contributed by atoms with E-state index in [1.807, 2.05) is 30.1 Å². The molecule has 2 saturated heterocycles. The second-order valence-electron chi connectivity index (χ2n) is 8.31. The van der Waals surface area contributed by atoms with Gasteiger partial charge in [-0.1, -0.05) is 6.07 Å². The zero-order valence-electron chi connectivity index (χ0n) is 19.5. The number of aromatic nitrogens is 1. The van der Waals surface area contributed by atoms with Crippen LogP contribution in [0.2, 0.25) is 0 Å². The lowest BCUT2D eigenvalue weighted by Crippen LogP contribution is -2.47. The van der Waals surface area contributed by atoms with Crippen molar-refractivity contribution in [3.8, 4) is 0 Å². The summed E-state index contributed by atoms with van der Waals surface area (Å²) in [7, 11) is 0.626. The lowest BCUT2D eigenvalue weighted by atomic mass is 9.87. The van der Waals surface area contributed by atoms with E-state index in [4.69, 9.17) is 19.8 Å². The first kappa shape index (κ1) is 32.1. The first-order valence-electron chi connectivity index (χ1n) is 10.4. The minimum absolute atomic E-state index is 0.0378. The van der Waals surface area contributed by atoms with Crippen molar-refractivity contribution in [1.29, 1.82) is 0 Å². The summed E-state index contributed by atoms with van der Waals surface area (Å²) in [5, 5.41) is 13.9. The molecular formula is C20H25F6N3O7S. The maximum absolute atomic E-state index is 12.8. The van der Waals surface area contributed by atoms with Gasteiger partial charge in [0.2, 0.25) is 5.91 Å². The number of alkyl halides is 6. The largest absolute Gasteiger partial charge is 0.490 e. The van der Waals surface area contributed by atoms with E-state index in [1.54, 1.807) is 18.1 Å². The van der Waals surface area contributed by atoms with Gasteiger partial charge in [-0.3, -0.25) is 9.78 Å². The number of carboxylic acid groups (broad SMARTS) is 2. The number of fused-ring (bicyclic) bond motifs is 1. The molecule has 1 aromatic rings. The van der Waals surface area contributed by atoms with Gasteiger partial charge in [0.05, 0.1) is 23.2 Å². The van der Waals surface area contributed by atoms with Crippen LogP contribution in [0.25, 0.3) is 0 Å². The minimum atomic E-state index is -5.08. The molecule has 1 aromatic heterocycles. The van der Waals surface area contributed by atoms with Crippen molar-refractivity contribution < 1.29 is 59.4 Å². The van der Waals surface area contributed by atoms with E-state index < -0.39 is 39.4 Å². The van der Waals surface area contributed by atoms with Crippen LogP contribution >= 0.6 is 0 Å². The molecule has 210 valence electrons. The van der Waals surface area contributed by atoms with Crippen LogP contribution in [0.4, 0.5) is 26.3 Å². The number of carbonyl (C=O) groups is 3. The molecule has 1 amide bonds. The van der Waals surface area contributed by atoms with Gasteiger partial charge in [-0.2, -0.15) is 26.3 Å². The standard InChI is InChI=1S/C16H23N3O3S.2C2HF3O2/c1-18-10-14-13(6-8-23(21,22)15(14)11-18)16(20)19(2)9-12-5-3-4-7-17-12;2*3-2(4,5)1(6)7/h3-5,7,13-15H,6,8-11H2,1-2H3;2*(H,6,7)/t13-,14-,15-;;/m1../s1. The number of sulfone groups is 1. The molecule has 2 N–H and O–H groups in total. The lowest BCUT2D eigenvalue weighted by molar-refractivity contribution is -0.193. The van der Waals surface area contributed by atoms with E-state index in [1.165, 1.54) is 0 Å². The SMILES string of the molecule is CN1C[C@H]2[C@@H](C1)S(=O)(=O)CC[C@H]2C(=O)N(C)Cc1ccccn1.O=C(O)C(F)(F)F.O=C(O)C(F)(F)F. The summed E-state index contributed by atoms with van der Waals surface area (Å²) in [6, 6.07) is 5.63. The van der Waals surface area contributed by atoms with E-state index in [9.17, 15) is 39.6 Å². The molecule has 37 heavy (non-hydrogen) atoms.